The van der Waals surface area contributed by atoms with Gasteiger partial charge in [-0.15, -0.1) is 0 Å². The van der Waals surface area contributed by atoms with E-state index in [1.165, 1.54) is 225 Å². The molecule has 8 fully saturated rings. The van der Waals surface area contributed by atoms with Crippen LogP contribution in [0.25, 0.3) is 0 Å². The zero-order valence-corrected chi connectivity index (χ0v) is 25.9. The van der Waals surface area contributed by atoms with Crippen LogP contribution < -0.4 is 18.8 Å². The SMILES string of the molecule is C1CC[N+]2(C1)CCCC2.C1CC[N+]2(C1)CCCC2.C1CC[N+]2(C1)CCCC2.C1CC[N+]2(C1)CCCC2.[F-].[F-].[F-].[F-]. The van der Waals surface area contributed by atoms with Gasteiger partial charge in [0, 0.05) is 103 Å². The smallest absolute Gasteiger partial charge is 0.0788 e. The molecular formula is C32H64F4N4. The highest BCUT2D eigenvalue weighted by Gasteiger charge is 2.36. The summed E-state index contributed by atoms with van der Waals surface area (Å²) in [5.74, 6) is 0. The molecule has 0 unspecified atom stereocenters. The number of quaternary nitrogens is 4. The Hall–Kier alpha value is -0.440. The summed E-state index contributed by atoms with van der Waals surface area (Å²) in [6.45, 7) is 24.0. The lowest BCUT2D eigenvalue weighted by molar-refractivity contribution is -0.904. The van der Waals surface area contributed by atoms with Gasteiger partial charge in [-0.25, -0.2) is 0 Å². The molecule has 0 radical (unpaired) electrons. The third-order valence-corrected chi connectivity index (χ3v) is 12.1. The van der Waals surface area contributed by atoms with Crippen molar-refractivity contribution >= 4 is 0 Å². The molecule has 4 spiro atoms. The second-order valence-corrected chi connectivity index (χ2v) is 14.6. The van der Waals surface area contributed by atoms with Crippen LogP contribution >= 0.6 is 0 Å². The largest absolute Gasteiger partial charge is 1.00 e. The van der Waals surface area contributed by atoms with Crippen LogP contribution in [0.5, 0.6) is 0 Å². The maximum Gasteiger partial charge on any atom is 0.0788 e. The van der Waals surface area contributed by atoms with Crippen molar-refractivity contribution in [3.63, 3.8) is 0 Å². The zero-order valence-electron chi connectivity index (χ0n) is 25.9. The van der Waals surface area contributed by atoms with Crippen molar-refractivity contribution in [1.82, 2.24) is 0 Å². The summed E-state index contributed by atoms with van der Waals surface area (Å²) >= 11 is 0. The first-order valence-corrected chi connectivity index (χ1v) is 17.1. The third kappa shape index (κ3) is 9.80. The van der Waals surface area contributed by atoms with Gasteiger partial charge in [0.15, 0.2) is 0 Å². The molecule has 8 aliphatic heterocycles. The van der Waals surface area contributed by atoms with Crippen molar-refractivity contribution < 1.29 is 36.7 Å². The van der Waals surface area contributed by atoms with Gasteiger partial charge < -0.3 is 36.7 Å². The average Bonchev–Trinajstić information content (AvgIpc) is 3.78. The standard InChI is InChI=1S/4C8H16N.4FH/c4*1-2-6-9(5-1)7-3-4-8-9;;;;/h4*1-8H2;4*1H/q4*+1;;;;/p-4. The molecule has 8 saturated heterocycles. The highest BCUT2D eigenvalue weighted by atomic mass is 19.0. The Labute approximate surface area is 244 Å². The van der Waals surface area contributed by atoms with E-state index in [0.717, 1.165) is 0 Å². The molecular weight excluding hydrogens is 516 g/mol. The summed E-state index contributed by atoms with van der Waals surface area (Å²) in [5, 5.41) is 0. The Bertz CT molecular complexity index is 449. The second kappa shape index (κ2) is 17.6. The van der Waals surface area contributed by atoms with E-state index in [0.29, 0.717) is 0 Å². The molecule has 0 aromatic carbocycles. The molecule has 40 heavy (non-hydrogen) atoms. The molecule has 8 heteroatoms. The minimum absolute atomic E-state index is 0. The summed E-state index contributed by atoms with van der Waals surface area (Å²) < 4.78 is 6.00. The fourth-order valence-electron chi connectivity index (χ4n) is 9.84. The van der Waals surface area contributed by atoms with Gasteiger partial charge in [0.05, 0.1) is 105 Å². The Morgan fingerprint density at radius 1 is 0.150 bits per heavy atom. The summed E-state index contributed by atoms with van der Waals surface area (Å²) in [7, 11) is 0. The number of halogens is 4. The van der Waals surface area contributed by atoms with Crippen LogP contribution in [0.1, 0.15) is 103 Å². The molecule has 0 saturated carbocycles. The van der Waals surface area contributed by atoms with Gasteiger partial charge in [-0.1, -0.05) is 0 Å². The van der Waals surface area contributed by atoms with E-state index in [1.54, 1.807) is 0 Å². The molecule has 0 aromatic heterocycles. The van der Waals surface area contributed by atoms with E-state index in [9.17, 15) is 0 Å². The van der Waals surface area contributed by atoms with Crippen molar-refractivity contribution in [2.75, 3.05) is 105 Å². The van der Waals surface area contributed by atoms with Gasteiger partial charge in [0.25, 0.3) is 0 Å². The topological polar surface area (TPSA) is 0 Å². The fraction of sp³-hybridized carbons (Fsp3) is 1.00. The van der Waals surface area contributed by atoms with Gasteiger partial charge in [-0.05, 0) is 0 Å². The molecule has 8 rings (SSSR count). The molecule has 8 heterocycles. The van der Waals surface area contributed by atoms with E-state index in [2.05, 4.69) is 0 Å². The average molecular weight is 581 g/mol. The van der Waals surface area contributed by atoms with Crippen molar-refractivity contribution in [2.45, 2.75) is 103 Å². The lowest BCUT2D eigenvalue weighted by atomic mass is 10.4. The Balaban J connectivity index is 0.000000258. The predicted molar refractivity (Wildman–Crippen MR) is 153 cm³/mol. The summed E-state index contributed by atoms with van der Waals surface area (Å²) in [6.07, 6.45) is 24.0. The highest BCUT2D eigenvalue weighted by Crippen LogP contribution is 2.28. The number of rotatable bonds is 0. The zero-order chi connectivity index (χ0) is 24.6. The molecule has 8 aliphatic rings. The van der Waals surface area contributed by atoms with Crippen molar-refractivity contribution in [3.05, 3.63) is 0 Å². The van der Waals surface area contributed by atoms with Crippen LogP contribution in [0.15, 0.2) is 0 Å². The van der Waals surface area contributed by atoms with Gasteiger partial charge in [0.1, 0.15) is 0 Å². The molecule has 0 aliphatic carbocycles. The maximum absolute atomic E-state index is 1.50. The van der Waals surface area contributed by atoms with Crippen molar-refractivity contribution in [1.29, 1.82) is 0 Å². The Morgan fingerprint density at radius 2 is 0.225 bits per heavy atom. The first-order valence-electron chi connectivity index (χ1n) is 17.1. The molecule has 0 bridgehead atoms. The minimum atomic E-state index is 0. The first-order chi connectivity index (χ1) is 17.7. The van der Waals surface area contributed by atoms with Crippen LogP contribution in [0, 0.1) is 0 Å². The van der Waals surface area contributed by atoms with Crippen LogP contribution in [-0.4, -0.2) is 123 Å². The number of hydrogen-bond donors (Lipinski definition) is 0. The lowest BCUT2D eigenvalue weighted by Crippen LogP contribution is -3.00. The van der Waals surface area contributed by atoms with E-state index in [4.69, 9.17) is 0 Å². The van der Waals surface area contributed by atoms with Crippen LogP contribution in [-0.2, 0) is 0 Å². The van der Waals surface area contributed by atoms with Crippen LogP contribution in [0.4, 0.5) is 0 Å². The lowest BCUT2D eigenvalue weighted by Gasteiger charge is -2.27. The number of nitrogens with zero attached hydrogens (tertiary/aromatic N) is 4. The van der Waals surface area contributed by atoms with Crippen LogP contribution in [0.2, 0.25) is 0 Å². The Kier molecular flexibility index (Phi) is 16.6. The third-order valence-electron chi connectivity index (χ3n) is 12.1. The molecule has 0 N–H and O–H groups in total. The van der Waals surface area contributed by atoms with Gasteiger partial charge in [-0.3, -0.25) is 0 Å². The minimum Gasteiger partial charge on any atom is -1.00 e. The quantitative estimate of drug-likeness (QED) is 0.198. The van der Waals surface area contributed by atoms with Crippen molar-refractivity contribution in [3.8, 4) is 0 Å². The highest BCUT2D eigenvalue weighted by molar-refractivity contribution is 4.63. The fourth-order valence-corrected chi connectivity index (χ4v) is 9.84. The van der Waals surface area contributed by atoms with E-state index < -0.39 is 0 Å². The van der Waals surface area contributed by atoms with Gasteiger partial charge in [0.2, 0.25) is 0 Å². The predicted octanol–water partition coefficient (Wildman–Crippen LogP) is -6.42. The summed E-state index contributed by atoms with van der Waals surface area (Å²) in [4.78, 5) is 0. The molecule has 0 amide bonds. The molecule has 0 atom stereocenters. The molecule has 4 nitrogen and oxygen atoms in total. The Morgan fingerprint density at radius 3 is 0.300 bits per heavy atom. The first kappa shape index (κ1) is 37.6. The van der Waals surface area contributed by atoms with Crippen molar-refractivity contribution in [2.24, 2.45) is 0 Å². The normalized spacial score (nSPS) is 28.8. The summed E-state index contributed by atoms with van der Waals surface area (Å²) in [6, 6.07) is 0. The van der Waals surface area contributed by atoms with Gasteiger partial charge in [-0.2, -0.15) is 0 Å². The maximum atomic E-state index is 1.50. The van der Waals surface area contributed by atoms with Crippen LogP contribution in [0.3, 0.4) is 0 Å². The molecule has 0 aromatic rings. The second-order valence-electron chi connectivity index (χ2n) is 14.6. The summed E-state index contributed by atoms with van der Waals surface area (Å²) in [5.41, 5.74) is 0. The monoisotopic (exact) mass is 581 g/mol. The van der Waals surface area contributed by atoms with E-state index >= 15 is 0 Å². The van der Waals surface area contributed by atoms with E-state index in [-0.39, 0.29) is 18.8 Å². The molecule has 240 valence electrons. The number of hydrogen-bond acceptors (Lipinski definition) is 0. The van der Waals surface area contributed by atoms with E-state index in [1.807, 2.05) is 0 Å². The van der Waals surface area contributed by atoms with Gasteiger partial charge >= 0.3 is 0 Å².